The van der Waals surface area contributed by atoms with Gasteiger partial charge in [0.05, 0.1) is 12.6 Å². The second kappa shape index (κ2) is 7.56. The second-order valence-corrected chi connectivity index (χ2v) is 5.18. The lowest BCUT2D eigenvalue weighted by atomic mass is 10.1. The third-order valence-corrected chi connectivity index (χ3v) is 3.28. The number of pyridine rings is 1. The monoisotopic (exact) mass is 317 g/mol. The average Bonchev–Trinajstić information content (AvgIpc) is 2.53. The quantitative estimate of drug-likeness (QED) is 0.889. The molecule has 0 aliphatic carbocycles. The van der Waals surface area contributed by atoms with Crippen molar-refractivity contribution >= 4 is 23.4 Å². The molecule has 1 aromatic carbocycles. The van der Waals surface area contributed by atoms with Crippen LogP contribution in [-0.4, -0.2) is 23.3 Å². The first-order chi connectivity index (χ1) is 10.6. The molecular formula is C16H16ClN3O2. The molecule has 0 saturated heterocycles. The highest BCUT2D eigenvalue weighted by Gasteiger charge is 2.12. The van der Waals surface area contributed by atoms with Crippen molar-refractivity contribution < 1.29 is 9.59 Å². The molecule has 1 heterocycles. The molecule has 0 spiro atoms. The Morgan fingerprint density at radius 1 is 1.23 bits per heavy atom. The minimum Gasteiger partial charge on any atom is -0.348 e. The summed E-state index contributed by atoms with van der Waals surface area (Å²) in [6.45, 7) is 1.76. The molecule has 2 N–H and O–H groups in total. The first kappa shape index (κ1) is 16.0. The number of hydrogen-bond donors (Lipinski definition) is 2. The topological polar surface area (TPSA) is 71.1 Å². The minimum atomic E-state index is -0.440. The van der Waals surface area contributed by atoms with Gasteiger partial charge < -0.3 is 10.6 Å². The fourth-order valence-electron chi connectivity index (χ4n) is 1.90. The zero-order valence-corrected chi connectivity index (χ0v) is 12.8. The number of rotatable bonds is 5. The summed E-state index contributed by atoms with van der Waals surface area (Å²) in [4.78, 5) is 27.6. The molecule has 0 bridgehead atoms. The molecule has 0 fully saturated rings. The summed E-state index contributed by atoms with van der Waals surface area (Å²) >= 11 is 5.79. The third kappa shape index (κ3) is 4.56. The average molecular weight is 318 g/mol. The van der Waals surface area contributed by atoms with E-state index in [1.54, 1.807) is 6.07 Å². The maximum absolute atomic E-state index is 11.9. The molecule has 1 aromatic heterocycles. The number of benzene rings is 1. The Balaban J connectivity index is 1.84. The van der Waals surface area contributed by atoms with Crippen LogP contribution in [0.2, 0.25) is 5.02 Å². The van der Waals surface area contributed by atoms with Gasteiger partial charge in [0.15, 0.2) is 0 Å². The van der Waals surface area contributed by atoms with Crippen LogP contribution < -0.4 is 10.6 Å². The van der Waals surface area contributed by atoms with Gasteiger partial charge in [-0.3, -0.25) is 14.6 Å². The highest BCUT2D eigenvalue weighted by Crippen LogP contribution is 2.10. The first-order valence-corrected chi connectivity index (χ1v) is 7.18. The zero-order valence-electron chi connectivity index (χ0n) is 12.0. The van der Waals surface area contributed by atoms with E-state index in [2.05, 4.69) is 15.6 Å². The summed E-state index contributed by atoms with van der Waals surface area (Å²) in [6.07, 6.45) is 1.44. The van der Waals surface area contributed by atoms with E-state index in [9.17, 15) is 9.59 Å². The summed E-state index contributed by atoms with van der Waals surface area (Å²) in [5.41, 5.74) is 1.18. The summed E-state index contributed by atoms with van der Waals surface area (Å²) in [5, 5.41) is 5.74. The van der Waals surface area contributed by atoms with Crippen molar-refractivity contribution in [2.24, 2.45) is 0 Å². The van der Waals surface area contributed by atoms with Crippen LogP contribution in [0.5, 0.6) is 0 Å². The number of carbonyl (C=O) groups is 2. The van der Waals surface area contributed by atoms with Crippen molar-refractivity contribution in [3.8, 4) is 0 Å². The van der Waals surface area contributed by atoms with Crippen LogP contribution in [0.1, 0.15) is 29.0 Å². The fraction of sp³-hybridized carbons (Fsp3) is 0.188. The van der Waals surface area contributed by atoms with E-state index >= 15 is 0 Å². The normalized spacial score (nSPS) is 11.5. The number of nitrogens with one attached hydrogen (secondary N) is 2. The lowest BCUT2D eigenvalue weighted by Crippen LogP contribution is -2.38. The summed E-state index contributed by atoms with van der Waals surface area (Å²) in [7, 11) is 0. The smallest absolute Gasteiger partial charge is 0.270 e. The molecule has 0 radical (unpaired) electrons. The van der Waals surface area contributed by atoms with E-state index in [1.807, 2.05) is 37.3 Å². The van der Waals surface area contributed by atoms with Crippen LogP contribution in [0.3, 0.4) is 0 Å². The molecule has 22 heavy (non-hydrogen) atoms. The zero-order chi connectivity index (χ0) is 15.9. The van der Waals surface area contributed by atoms with Gasteiger partial charge in [0, 0.05) is 11.2 Å². The number of nitrogens with zero attached hydrogens (tertiary/aromatic N) is 1. The van der Waals surface area contributed by atoms with Crippen molar-refractivity contribution in [3.63, 3.8) is 0 Å². The van der Waals surface area contributed by atoms with Crippen LogP contribution in [0.15, 0.2) is 48.7 Å². The van der Waals surface area contributed by atoms with Gasteiger partial charge in [-0.25, -0.2) is 0 Å². The van der Waals surface area contributed by atoms with Gasteiger partial charge in [0.25, 0.3) is 5.91 Å². The molecule has 6 heteroatoms. The van der Waals surface area contributed by atoms with E-state index in [0.29, 0.717) is 5.02 Å². The molecule has 0 aliphatic rings. The maximum Gasteiger partial charge on any atom is 0.270 e. The number of halogens is 1. The Labute approximate surface area is 133 Å². The van der Waals surface area contributed by atoms with E-state index in [-0.39, 0.29) is 24.2 Å². The van der Waals surface area contributed by atoms with Crippen LogP contribution in [-0.2, 0) is 4.79 Å². The molecule has 2 aromatic rings. The van der Waals surface area contributed by atoms with E-state index in [4.69, 9.17) is 11.6 Å². The predicted molar refractivity (Wildman–Crippen MR) is 84.6 cm³/mol. The van der Waals surface area contributed by atoms with E-state index < -0.39 is 5.91 Å². The molecule has 0 unspecified atom stereocenters. The molecule has 114 valence electrons. The summed E-state index contributed by atoms with van der Waals surface area (Å²) < 4.78 is 0. The van der Waals surface area contributed by atoms with Crippen molar-refractivity contribution in [2.75, 3.05) is 6.54 Å². The molecule has 0 saturated carbocycles. The summed E-state index contributed by atoms with van der Waals surface area (Å²) in [6, 6.07) is 12.5. The second-order valence-electron chi connectivity index (χ2n) is 4.74. The number of hydrogen-bond acceptors (Lipinski definition) is 3. The Morgan fingerprint density at radius 2 is 1.95 bits per heavy atom. The van der Waals surface area contributed by atoms with Crippen molar-refractivity contribution in [1.29, 1.82) is 0 Å². The molecule has 0 aliphatic heterocycles. The Hall–Kier alpha value is -2.40. The molecule has 5 nitrogen and oxygen atoms in total. The van der Waals surface area contributed by atoms with Crippen LogP contribution in [0.4, 0.5) is 0 Å². The first-order valence-electron chi connectivity index (χ1n) is 6.80. The van der Waals surface area contributed by atoms with Gasteiger partial charge in [-0.15, -0.1) is 0 Å². The standard InChI is InChI=1S/C16H16ClN3O2/c1-11(12-5-3-2-4-6-12)20-15(21)10-19-16(22)14-9-13(17)7-8-18-14/h2-9,11H,10H2,1H3,(H,19,22)(H,20,21)/t11-/m1/s1. The highest BCUT2D eigenvalue weighted by molar-refractivity contribution is 6.30. The van der Waals surface area contributed by atoms with Crippen molar-refractivity contribution in [1.82, 2.24) is 15.6 Å². The van der Waals surface area contributed by atoms with Crippen molar-refractivity contribution in [3.05, 3.63) is 64.9 Å². The fourth-order valence-corrected chi connectivity index (χ4v) is 2.06. The van der Waals surface area contributed by atoms with Crippen molar-refractivity contribution in [2.45, 2.75) is 13.0 Å². The number of carbonyl (C=O) groups excluding carboxylic acids is 2. The molecule has 2 amide bonds. The Kier molecular flexibility index (Phi) is 5.49. The SMILES string of the molecule is C[C@@H](NC(=O)CNC(=O)c1cc(Cl)ccn1)c1ccccc1. The van der Waals surface area contributed by atoms with Gasteiger partial charge >= 0.3 is 0 Å². The minimum absolute atomic E-state index is 0.121. The Morgan fingerprint density at radius 3 is 2.64 bits per heavy atom. The Bertz CT molecular complexity index is 661. The molecule has 2 rings (SSSR count). The van der Waals surface area contributed by atoms with Gasteiger partial charge in [-0.05, 0) is 24.6 Å². The predicted octanol–water partition coefficient (Wildman–Crippen LogP) is 2.34. The van der Waals surface area contributed by atoms with Gasteiger partial charge in [-0.2, -0.15) is 0 Å². The molecule has 1 atom stereocenters. The lowest BCUT2D eigenvalue weighted by Gasteiger charge is -2.14. The van der Waals surface area contributed by atoms with Gasteiger partial charge in [-0.1, -0.05) is 41.9 Å². The molecular weight excluding hydrogens is 302 g/mol. The highest BCUT2D eigenvalue weighted by atomic mass is 35.5. The van der Waals surface area contributed by atoms with Crippen LogP contribution >= 0.6 is 11.6 Å². The van der Waals surface area contributed by atoms with Crippen LogP contribution in [0.25, 0.3) is 0 Å². The third-order valence-electron chi connectivity index (χ3n) is 3.04. The van der Waals surface area contributed by atoms with E-state index in [1.165, 1.54) is 12.3 Å². The number of aromatic nitrogens is 1. The summed E-state index contributed by atoms with van der Waals surface area (Å²) in [5.74, 6) is -0.711. The number of amides is 2. The van der Waals surface area contributed by atoms with Gasteiger partial charge in [0.2, 0.25) is 5.91 Å². The largest absolute Gasteiger partial charge is 0.348 e. The van der Waals surface area contributed by atoms with Gasteiger partial charge in [0.1, 0.15) is 5.69 Å². The van der Waals surface area contributed by atoms with Crippen LogP contribution in [0, 0.1) is 0 Å². The van der Waals surface area contributed by atoms with E-state index in [0.717, 1.165) is 5.56 Å². The maximum atomic E-state index is 11.9. The lowest BCUT2D eigenvalue weighted by molar-refractivity contribution is -0.120.